The molecule has 2 amide bonds. The fourth-order valence-electron chi connectivity index (χ4n) is 3.76. The fraction of sp³-hybridized carbons (Fsp3) is 0.706. The van der Waals surface area contributed by atoms with Gasteiger partial charge in [0.15, 0.2) is 12.5 Å². The number of ether oxygens (including phenoxy) is 2. The van der Waals surface area contributed by atoms with Gasteiger partial charge in [0, 0.05) is 7.05 Å². The van der Waals surface area contributed by atoms with Crippen molar-refractivity contribution in [2.24, 2.45) is 16.7 Å². The van der Waals surface area contributed by atoms with E-state index in [-0.39, 0.29) is 18.6 Å². The molecule has 3 aliphatic rings. The van der Waals surface area contributed by atoms with Crippen LogP contribution in [0.4, 0.5) is 10.7 Å². The number of hydrogen-bond donors (Lipinski definition) is 10. The van der Waals surface area contributed by atoms with Crippen molar-refractivity contribution in [2.45, 2.75) is 49.1 Å². The quantitative estimate of drug-likeness (QED) is 0.124. The van der Waals surface area contributed by atoms with Crippen molar-refractivity contribution < 1.29 is 44.9 Å². The molecule has 2 saturated heterocycles. The highest BCUT2D eigenvalue weighted by Gasteiger charge is 2.48. The van der Waals surface area contributed by atoms with Crippen LogP contribution < -0.4 is 28.2 Å². The number of carbonyl (C=O) groups is 1. The highest BCUT2D eigenvalue weighted by molar-refractivity contribution is 5.94. The SMILES string of the molecule is CN1CN([C@@H]2O[C@H](CO)[C@@H](O)[C@H]2O)C(=O)N=C1NN.NNc1ncn([C@@H]2O[C@H](CO)[C@@H](O)[C@H]2O)c(=O)n1. The lowest BCUT2D eigenvalue weighted by Gasteiger charge is -2.36. The molecule has 4 rings (SSSR count). The molecule has 0 spiro atoms. The van der Waals surface area contributed by atoms with E-state index < -0.39 is 74.0 Å². The van der Waals surface area contributed by atoms with E-state index in [9.17, 15) is 30.0 Å². The average Bonchev–Trinajstić information content (AvgIpc) is 3.34. The van der Waals surface area contributed by atoms with Crippen molar-refractivity contribution in [3.05, 3.63) is 16.8 Å². The van der Waals surface area contributed by atoms with Crippen LogP contribution in [-0.2, 0) is 9.47 Å². The summed E-state index contributed by atoms with van der Waals surface area (Å²) >= 11 is 0. The molecule has 4 heterocycles. The van der Waals surface area contributed by atoms with Gasteiger partial charge >= 0.3 is 11.7 Å². The second-order valence-electron chi connectivity index (χ2n) is 8.14. The molecule has 20 heteroatoms. The number of nitrogens with one attached hydrogen (secondary N) is 2. The van der Waals surface area contributed by atoms with Gasteiger partial charge in [-0.05, 0) is 0 Å². The molecule has 0 bridgehead atoms. The van der Waals surface area contributed by atoms with Gasteiger partial charge in [-0.2, -0.15) is 9.98 Å². The van der Waals surface area contributed by atoms with E-state index in [0.717, 1.165) is 15.8 Å². The molecule has 0 unspecified atom stereocenters. The monoisotopic (exact) mass is 534 g/mol. The Balaban J connectivity index is 0.000000206. The number of aliphatic imine (C=N–C) groups is 1. The van der Waals surface area contributed by atoms with Crippen molar-refractivity contribution in [2.75, 3.05) is 32.4 Å². The molecule has 208 valence electrons. The maximum Gasteiger partial charge on any atom is 0.354 e. The van der Waals surface area contributed by atoms with Crippen LogP contribution in [0, 0.1) is 0 Å². The van der Waals surface area contributed by atoms with Crippen LogP contribution >= 0.6 is 0 Å². The van der Waals surface area contributed by atoms with Gasteiger partial charge in [-0.1, -0.05) is 0 Å². The first-order chi connectivity index (χ1) is 17.6. The van der Waals surface area contributed by atoms with Crippen molar-refractivity contribution in [3.63, 3.8) is 0 Å². The third-order valence-corrected chi connectivity index (χ3v) is 5.77. The Morgan fingerprint density at radius 2 is 1.54 bits per heavy atom. The molecule has 0 saturated carbocycles. The highest BCUT2D eigenvalue weighted by atomic mass is 16.6. The van der Waals surface area contributed by atoms with E-state index in [2.05, 4.69) is 25.8 Å². The number of nitrogen functional groups attached to an aromatic ring is 1. The fourth-order valence-corrected chi connectivity index (χ4v) is 3.76. The summed E-state index contributed by atoms with van der Waals surface area (Å²) in [4.78, 5) is 37.0. The van der Waals surface area contributed by atoms with Crippen LogP contribution in [0.1, 0.15) is 6.23 Å². The van der Waals surface area contributed by atoms with E-state index in [4.69, 9.17) is 31.4 Å². The van der Waals surface area contributed by atoms with E-state index in [0.29, 0.717) is 0 Å². The number of carbonyl (C=O) groups excluding carboxylic acids is 1. The van der Waals surface area contributed by atoms with Crippen LogP contribution in [0.25, 0.3) is 0 Å². The van der Waals surface area contributed by atoms with Gasteiger partial charge < -0.3 is 45.0 Å². The topological polar surface area (TPSA) is 300 Å². The number of aromatic nitrogens is 3. The van der Waals surface area contributed by atoms with Gasteiger partial charge in [-0.3, -0.25) is 20.3 Å². The predicted octanol–water partition coefficient (Wildman–Crippen LogP) is -6.89. The van der Waals surface area contributed by atoms with Crippen LogP contribution in [-0.4, -0.2) is 137 Å². The first-order valence-electron chi connectivity index (χ1n) is 10.8. The zero-order chi connectivity index (χ0) is 27.4. The standard InChI is InChI=1S/C9H17N5O5.C8H13N5O5/c1-13-3-14(9(18)11-8(13)12-10)7-6(17)5(16)4(2-15)19-7;9-12-7-10-2-13(8(17)11-7)6-5(16)4(15)3(1-14)18-6/h4-7,15-17H,2-3,10H2,1H3,(H,11,12,18);2-6,14-16H,1,9H2,(H,11,12,17)/t4-,5-,6-,7-;3-,4-,5-,6-/m11/s1. The Morgan fingerprint density at radius 3 is 2.03 bits per heavy atom. The molecule has 37 heavy (non-hydrogen) atoms. The number of aliphatic hydroxyl groups is 6. The smallest absolute Gasteiger partial charge is 0.354 e. The zero-order valence-corrected chi connectivity index (χ0v) is 19.5. The Hall–Kier alpha value is -3.05. The second-order valence-corrected chi connectivity index (χ2v) is 8.14. The Kier molecular flexibility index (Phi) is 9.25. The molecular formula is C17H30N10O10. The van der Waals surface area contributed by atoms with Gasteiger partial charge in [-0.25, -0.2) is 26.3 Å². The largest absolute Gasteiger partial charge is 0.394 e. The minimum absolute atomic E-state index is 0.0778. The van der Waals surface area contributed by atoms with Crippen LogP contribution in [0.2, 0.25) is 0 Å². The number of hydrogen-bond acceptors (Lipinski definition) is 17. The molecule has 0 radical (unpaired) electrons. The Morgan fingerprint density at radius 1 is 0.973 bits per heavy atom. The van der Waals surface area contributed by atoms with Gasteiger partial charge in [0.25, 0.3) is 0 Å². The van der Waals surface area contributed by atoms with Crippen molar-refractivity contribution in [1.29, 1.82) is 0 Å². The minimum atomic E-state index is -1.36. The summed E-state index contributed by atoms with van der Waals surface area (Å²) in [6.07, 6.45) is -8.27. The van der Waals surface area contributed by atoms with Crippen molar-refractivity contribution >= 4 is 17.9 Å². The van der Waals surface area contributed by atoms with Gasteiger partial charge in [0.2, 0.25) is 11.9 Å². The molecule has 8 atom stereocenters. The molecular weight excluding hydrogens is 504 g/mol. The number of rotatable bonds is 5. The van der Waals surface area contributed by atoms with Crippen LogP contribution in [0.3, 0.4) is 0 Å². The van der Waals surface area contributed by atoms with E-state index in [1.807, 2.05) is 0 Å². The van der Waals surface area contributed by atoms with E-state index in [1.165, 1.54) is 4.90 Å². The van der Waals surface area contributed by atoms with Crippen molar-refractivity contribution in [1.82, 2.24) is 29.8 Å². The summed E-state index contributed by atoms with van der Waals surface area (Å²) in [6.45, 7) is -0.854. The number of nitrogens with two attached hydrogens (primary N) is 2. The number of urea groups is 1. The molecule has 1 aromatic rings. The lowest BCUT2D eigenvalue weighted by Crippen LogP contribution is -2.57. The number of aliphatic hydroxyl groups excluding tert-OH is 6. The molecule has 0 aromatic carbocycles. The molecule has 0 aliphatic carbocycles. The number of anilines is 1. The maximum absolute atomic E-state index is 11.8. The first-order valence-corrected chi connectivity index (χ1v) is 10.8. The number of amides is 2. The predicted molar refractivity (Wildman–Crippen MR) is 119 cm³/mol. The van der Waals surface area contributed by atoms with Gasteiger partial charge in [0.05, 0.1) is 19.9 Å². The third-order valence-electron chi connectivity index (χ3n) is 5.77. The Labute approximate surface area is 208 Å². The number of nitrogens with zero attached hydrogens (tertiary/aromatic N) is 6. The average molecular weight is 534 g/mol. The molecule has 12 N–H and O–H groups in total. The minimum Gasteiger partial charge on any atom is -0.394 e. The summed E-state index contributed by atoms with van der Waals surface area (Å²) in [5, 5.41) is 56.7. The highest BCUT2D eigenvalue weighted by Crippen LogP contribution is 2.28. The Bertz CT molecular complexity index is 1030. The van der Waals surface area contributed by atoms with Gasteiger partial charge in [-0.15, -0.1) is 0 Å². The van der Waals surface area contributed by atoms with E-state index >= 15 is 0 Å². The van der Waals surface area contributed by atoms with Crippen LogP contribution in [0.15, 0.2) is 16.1 Å². The lowest BCUT2D eigenvalue weighted by atomic mass is 10.1. The summed E-state index contributed by atoms with van der Waals surface area (Å²) in [5.41, 5.74) is 3.61. The molecule has 2 fully saturated rings. The zero-order valence-electron chi connectivity index (χ0n) is 19.5. The summed E-state index contributed by atoms with van der Waals surface area (Å²) in [7, 11) is 1.64. The molecule has 3 aliphatic heterocycles. The van der Waals surface area contributed by atoms with Crippen molar-refractivity contribution in [3.8, 4) is 0 Å². The van der Waals surface area contributed by atoms with E-state index in [1.54, 1.807) is 7.05 Å². The number of hydrazine groups is 2. The second kappa shape index (κ2) is 12.0. The normalized spacial score (nSPS) is 33.6. The molecule has 1 aromatic heterocycles. The third kappa shape index (κ3) is 5.77. The summed E-state index contributed by atoms with van der Waals surface area (Å²) in [5.74, 6) is 10.3. The number of guanidine groups is 1. The maximum atomic E-state index is 11.8. The summed E-state index contributed by atoms with van der Waals surface area (Å²) in [6, 6.07) is -0.652. The van der Waals surface area contributed by atoms with Gasteiger partial charge in [0.1, 0.15) is 43.0 Å². The summed E-state index contributed by atoms with van der Waals surface area (Å²) < 4.78 is 11.3. The van der Waals surface area contributed by atoms with Crippen LogP contribution in [0.5, 0.6) is 0 Å². The molecule has 20 nitrogen and oxygen atoms in total. The first kappa shape index (κ1) is 28.5. The lowest BCUT2D eigenvalue weighted by molar-refractivity contribution is -0.0869.